The van der Waals surface area contributed by atoms with E-state index in [1.54, 1.807) is 0 Å². The van der Waals surface area contributed by atoms with Crippen LogP contribution in [0.15, 0.2) is 6.07 Å². The third-order valence-electron chi connectivity index (χ3n) is 3.30. The van der Waals surface area contributed by atoms with Crippen LogP contribution < -0.4 is 14.8 Å². The maximum atomic E-state index is 13.6. The van der Waals surface area contributed by atoms with Crippen LogP contribution in [-0.2, 0) is 6.42 Å². The van der Waals surface area contributed by atoms with Crippen molar-refractivity contribution in [2.24, 2.45) is 0 Å². The first kappa shape index (κ1) is 13.0. The second kappa shape index (κ2) is 5.44. The lowest BCUT2D eigenvalue weighted by Gasteiger charge is -2.17. The highest BCUT2D eigenvalue weighted by atomic mass is 19.1. The Morgan fingerprint density at radius 2 is 2.22 bits per heavy atom. The lowest BCUT2D eigenvalue weighted by atomic mass is 10.0. The molecule has 18 heavy (non-hydrogen) atoms. The molecule has 0 radical (unpaired) electrons. The zero-order chi connectivity index (χ0) is 13.1. The fraction of sp³-hybridized carbons (Fsp3) is 0.538. The number of methoxy groups -OCH3 is 2. The van der Waals surface area contributed by atoms with E-state index in [1.807, 2.05) is 0 Å². The highest BCUT2D eigenvalue weighted by Gasteiger charge is 2.24. The number of phenolic OH excluding ortho intramolecular Hbond substituents is 1. The molecule has 5 heteroatoms. The molecule has 1 aliphatic heterocycles. The molecule has 0 aromatic heterocycles. The van der Waals surface area contributed by atoms with E-state index < -0.39 is 5.82 Å². The van der Waals surface area contributed by atoms with E-state index in [9.17, 15) is 9.50 Å². The molecular weight excluding hydrogens is 237 g/mol. The van der Waals surface area contributed by atoms with Crippen molar-refractivity contribution in [3.05, 3.63) is 17.4 Å². The minimum atomic E-state index is -0.680. The van der Waals surface area contributed by atoms with Gasteiger partial charge < -0.3 is 19.9 Å². The van der Waals surface area contributed by atoms with Gasteiger partial charge in [-0.05, 0) is 25.8 Å². The molecule has 0 aliphatic carbocycles. The van der Waals surface area contributed by atoms with Crippen LogP contribution in [0.3, 0.4) is 0 Å². The van der Waals surface area contributed by atoms with Crippen LogP contribution in [0.2, 0.25) is 0 Å². The fourth-order valence-corrected chi connectivity index (χ4v) is 2.39. The van der Waals surface area contributed by atoms with Gasteiger partial charge in [-0.1, -0.05) is 0 Å². The first-order valence-electron chi connectivity index (χ1n) is 6.03. The van der Waals surface area contributed by atoms with Crippen molar-refractivity contribution in [2.45, 2.75) is 25.3 Å². The van der Waals surface area contributed by atoms with Crippen LogP contribution in [0.1, 0.15) is 18.4 Å². The maximum absolute atomic E-state index is 13.6. The normalized spacial score (nSPS) is 18.9. The first-order chi connectivity index (χ1) is 8.67. The second-order valence-electron chi connectivity index (χ2n) is 4.42. The van der Waals surface area contributed by atoms with E-state index in [1.165, 1.54) is 14.2 Å². The summed E-state index contributed by atoms with van der Waals surface area (Å²) in [5.41, 5.74) is 0.466. The largest absolute Gasteiger partial charge is 0.505 e. The summed E-state index contributed by atoms with van der Waals surface area (Å²) in [6, 6.07) is 1.39. The molecule has 0 bridgehead atoms. The number of hydrogen-bond donors (Lipinski definition) is 2. The maximum Gasteiger partial charge on any atom is 0.169 e. The third-order valence-corrected chi connectivity index (χ3v) is 3.30. The van der Waals surface area contributed by atoms with Gasteiger partial charge in [-0.25, -0.2) is 4.39 Å². The van der Waals surface area contributed by atoms with Crippen LogP contribution >= 0.6 is 0 Å². The topological polar surface area (TPSA) is 50.7 Å². The molecule has 1 aliphatic rings. The molecule has 0 amide bonds. The number of hydrogen-bond acceptors (Lipinski definition) is 4. The Bertz CT molecular complexity index is 431. The summed E-state index contributed by atoms with van der Waals surface area (Å²) in [5.74, 6) is -0.312. The van der Waals surface area contributed by atoms with Gasteiger partial charge in [-0.15, -0.1) is 0 Å². The molecule has 1 atom stereocenters. The van der Waals surface area contributed by atoms with Gasteiger partial charge in [0.1, 0.15) is 0 Å². The van der Waals surface area contributed by atoms with Crippen LogP contribution in [-0.4, -0.2) is 31.9 Å². The van der Waals surface area contributed by atoms with E-state index in [0.717, 1.165) is 25.5 Å². The summed E-state index contributed by atoms with van der Waals surface area (Å²) in [6.07, 6.45) is 2.64. The summed E-state index contributed by atoms with van der Waals surface area (Å²) < 4.78 is 23.9. The van der Waals surface area contributed by atoms with E-state index in [4.69, 9.17) is 9.47 Å². The van der Waals surface area contributed by atoms with Gasteiger partial charge in [0, 0.05) is 17.7 Å². The average Bonchev–Trinajstić information content (AvgIpc) is 2.87. The SMILES string of the molecule is COc1cc(F)c(O)c(CC2CCCN2)c1OC. The summed E-state index contributed by atoms with van der Waals surface area (Å²) in [6.45, 7) is 0.959. The Balaban J connectivity index is 2.38. The summed E-state index contributed by atoms with van der Waals surface area (Å²) in [5, 5.41) is 13.2. The zero-order valence-corrected chi connectivity index (χ0v) is 10.6. The number of rotatable bonds is 4. The van der Waals surface area contributed by atoms with Crippen molar-refractivity contribution in [1.82, 2.24) is 5.32 Å². The minimum absolute atomic E-state index is 0.247. The van der Waals surface area contributed by atoms with Crippen molar-refractivity contribution in [2.75, 3.05) is 20.8 Å². The van der Waals surface area contributed by atoms with Gasteiger partial charge in [0.15, 0.2) is 23.1 Å². The van der Waals surface area contributed by atoms with Crippen LogP contribution in [0.4, 0.5) is 4.39 Å². The van der Waals surface area contributed by atoms with E-state index in [2.05, 4.69) is 5.32 Å². The molecule has 100 valence electrons. The van der Waals surface area contributed by atoms with Gasteiger partial charge >= 0.3 is 0 Å². The Morgan fingerprint density at radius 1 is 1.44 bits per heavy atom. The van der Waals surface area contributed by atoms with Gasteiger partial charge in [0.05, 0.1) is 14.2 Å². The van der Waals surface area contributed by atoms with Crippen molar-refractivity contribution in [1.29, 1.82) is 0 Å². The molecule has 1 unspecified atom stereocenters. The van der Waals surface area contributed by atoms with E-state index in [-0.39, 0.29) is 11.8 Å². The first-order valence-corrected chi connectivity index (χ1v) is 6.03. The van der Waals surface area contributed by atoms with Crippen molar-refractivity contribution in [3.8, 4) is 17.2 Å². The van der Waals surface area contributed by atoms with Gasteiger partial charge in [0.2, 0.25) is 0 Å². The summed E-state index contributed by atoms with van der Waals surface area (Å²) in [7, 11) is 2.94. The summed E-state index contributed by atoms with van der Waals surface area (Å²) >= 11 is 0. The number of ether oxygens (including phenoxy) is 2. The van der Waals surface area contributed by atoms with Crippen LogP contribution in [0.5, 0.6) is 17.2 Å². The van der Waals surface area contributed by atoms with E-state index in [0.29, 0.717) is 23.5 Å². The molecule has 1 aromatic carbocycles. The molecule has 1 fully saturated rings. The molecule has 1 heterocycles. The quantitative estimate of drug-likeness (QED) is 0.862. The van der Waals surface area contributed by atoms with Gasteiger partial charge in [-0.2, -0.15) is 0 Å². The Morgan fingerprint density at radius 3 is 2.78 bits per heavy atom. The van der Waals surface area contributed by atoms with Crippen LogP contribution in [0.25, 0.3) is 0 Å². The minimum Gasteiger partial charge on any atom is -0.505 e. The highest BCUT2D eigenvalue weighted by Crippen LogP contribution is 2.40. The molecular formula is C13H18FNO3. The second-order valence-corrected chi connectivity index (χ2v) is 4.42. The van der Waals surface area contributed by atoms with Crippen LogP contribution in [0, 0.1) is 5.82 Å². The molecule has 0 saturated carbocycles. The smallest absolute Gasteiger partial charge is 0.169 e. The monoisotopic (exact) mass is 255 g/mol. The fourth-order valence-electron chi connectivity index (χ4n) is 2.39. The lowest BCUT2D eigenvalue weighted by molar-refractivity contribution is 0.337. The number of halogens is 1. The van der Waals surface area contributed by atoms with Crippen molar-refractivity contribution >= 4 is 0 Å². The Kier molecular flexibility index (Phi) is 3.91. The Hall–Kier alpha value is -1.49. The molecule has 2 N–H and O–H groups in total. The van der Waals surface area contributed by atoms with Crippen molar-refractivity contribution in [3.63, 3.8) is 0 Å². The highest BCUT2D eigenvalue weighted by molar-refractivity contribution is 5.54. The van der Waals surface area contributed by atoms with Gasteiger partial charge in [0.25, 0.3) is 0 Å². The standard InChI is InChI=1S/C13H18FNO3/c1-17-11-7-10(14)12(16)9(13(11)18-2)6-8-4-3-5-15-8/h7-8,15-16H,3-6H2,1-2H3. The average molecular weight is 255 g/mol. The molecule has 2 rings (SSSR count). The molecule has 4 nitrogen and oxygen atoms in total. The summed E-state index contributed by atoms with van der Waals surface area (Å²) in [4.78, 5) is 0. The predicted molar refractivity (Wildman–Crippen MR) is 65.9 cm³/mol. The number of nitrogens with one attached hydrogen (secondary N) is 1. The van der Waals surface area contributed by atoms with Crippen molar-refractivity contribution < 1.29 is 19.0 Å². The lowest BCUT2D eigenvalue weighted by Crippen LogP contribution is -2.24. The number of aromatic hydroxyl groups is 1. The predicted octanol–water partition coefficient (Wildman–Crippen LogP) is 1.84. The number of benzene rings is 1. The zero-order valence-electron chi connectivity index (χ0n) is 10.6. The van der Waals surface area contributed by atoms with Gasteiger partial charge in [-0.3, -0.25) is 0 Å². The Labute approximate surface area is 106 Å². The molecule has 0 spiro atoms. The van der Waals surface area contributed by atoms with E-state index >= 15 is 0 Å². The molecule has 1 saturated heterocycles. The third kappa shape index (κ3) is 2.36. The number of phenols is 1. The molecule has 1 aromatic rings.